The maximum absolute atomic E-state index is 5.86. The van der Waals surface area contributed by atoms with E-state index in [-0.39, 0.29) is 5.54 Å². The molecule has 1 aliphatic heterocycles. The number of hydrogen-bond acceptors (Lipinski definition) is 3. The second-order valence-corrected chi connectivity index (χ2v) is 5.43. The first-order chi connectivity index (χ1) is 9.76. The molecule has 0 atom stereocenters. The highest BCUT2D eigenvalue weighted by Crippen LogP contribution is 2.22. The molecular weight excluding hydrogens is 246 g/mol. The quantitative estimate of drug-likeness (QED) is 0.889. The van der Waals surface area contributed by atoms with Gasteiger partial charge in [-0.3, -0.25) is 4.99 Å². The van der Waals surface area contributed by atoms with Gasteiger partial charge in [0.1, 0.15) is 0 Å². The Balaban J connectivity index is 1.82. The van der Waals surface area contributed by atoms with E-state index < -0.39 is 0 Å². The van der Waals surface area contributed by atoms with E-state index >= 15 is 0 Å². The number of benzene rings is 2. The van der Waals surface area contributed by atoms with Crippen molar-refractivity contribution in [1.82, 2.24) is 5.32 Å². The van der Waals surface area contributed by atoms with Crippen LogP contribution in [-0.4, -0.2) is 18.0 Å². The average molecular weight is 265 g/mol. The van der Waals surface area contributed by atoms with E-state index in [9.17, 15) is 0 Å². The van der Waals surface area contributed by atoms with Gasteiger partial charge in [0.25, 0.3) is 0 Å². The third-order valence-electron chi connectivity index (χ3n) is 3.72. The summed E-state index contributed by atoms with van der Waals surface area (Å²) in [5, 5.41) is 3.39. The second-order valence-electron chi connectivity index (χ2n) is 5.43. The van der Waals surface area contributed by atoms with Gasteiger partial charge in [0.05, 0.1) is 12.1 Å². The number of nitrogens with one attached hydrogen (secondary N) is 1. The highest BCUT2D eigenvalue weighted by atomic mass is 15.2. The smallest absolute Gasteiger partial charge is 0.189 e. The Morgan fingerprint density at radius 1 is 0.900 bits per heavy atom. The van der Waals surface area contributed by atoms with E-state index in [1.807, 2.05) is 12.1 Å². The Morgan fingerprint density at radius 2 is 1.40 bits per heavy atom. The molecule has 1 heterocycles. The molecule has 0 saturated carbocycles. The summed E-state index contributed by atoms with van der Waals surface area (Å²) in [6.07, 6.45) is 1.85. The van der Waals surface area contributed by atoms with Gasteiger partial charge in [-0.25, -0.2) is 0 Å². The van der Waals surface area contributed by atoms with Crippen LogP contribution in [0.25, 0.3) is 0 Å². The summed E-state index contributed by atoms with van der Waals surface area (Å²) in [7, 11) is 0. The van der Waals surface area contributed by atoms with Crippen LogP contribution < -0.4 is 11.1 Å². The first-order valence-electron chi connectivity index (χ1n) is 6.92. The first-order valence-corrected chi connectivity index (χ1v) is 6.92. The van der Waals surface area contributed by atoms with Crippen molar-refractivity contribution in [2.45, 2.75) is 18.4 Å². The molecule has 3 rings (SSSR count). The Labute approximate surface area is 119 Å². The van der Waals surface area contributed by atoms with Crippen LogP contribution in [0.5, 0.6) is 0 Å². The topological polar surface area (TPSA) is 50.4 Å². The normalized spacial score (nSPS) is 16.5. The van der Waals surface area contributed by atoms with Gasteiger partial charge < -0.3 is 11.1 Å². The summed E-state index contributed by atoms with van der Waals surface area (Å²) in [5.74, 6) is 0.553. The van der Waals surface area contributed by atoms with Crippen LogP contribution in [0, 0.1) is 0 Å². The van der Waals surface area contributed by atoms with Gasteiger partial charge >= 0.3 is 0 Å². The molecule has 20 heavy (non-hydrogen) atoms. The molecule has 102 valence electrons. The van der Waals surface area contributed by atoms with Crippen LogP contribution >= 0.6 is 0 Å². The fraction of sp³-hybridized carbons (Fsp3) is 0.235. The fourth-order valence-electron chi connectivity index (χ4n) is 2.82. The van der Waals surface area contributed by atoms with Crippen molar-refractivity contribution < 1.29 is 0 Å². The summed E-state index contributed by atoms with van der Waals surface area (Å²) in [5.41, 5.74) is 8.36. The van der Waals surface area contributed by atoms with Crippen molar-refractivity contribution in [2.75, 3.05) is 6.54 Å². The van der Waals surface area contributed by atoms with Crippen LogP contribution in [0.15, 0.2) is 65.7 Å². The molecule has 0 unspecified atom stereocenters. The lowest BCUT2D eigenvalue weighted by atomic mass is 9.85. The molecule has 0 aliphatic carbocycles. The lowest BCUT2D eigenvalue weighted by molar-refractivity contribution is 0.406. The molecule has 2 aromatic rings. The van der Waals surface area contributed by atoms with E-state index in [4.69, 9.17) is 5.73 Å². The molecule has 3 N–H and O–H groups in total. The number of guanidine groups is 1. The fourth-order valence-corrected chi connectivity index (χ4v) is 2.82. The molecule has 0 spiro atoms. The van der Waals surface area contributed by atoms with E-state index in [1.54, 1.807) is 0 Å². The minimum Gasteiger partial charge on any atom is -0.370 e. The van der Waals surface area contributed by atoms with Gasteiger partial charge in [-0.15, -0.1) is 0 Å². The highest BCUT2D eigenvalue weighted by molar-refractivity contribution is 5.80. The molecule has 0 radical (unpaired) electrons. The lowest BCUT2D eigenvalue weighted by Crippen LogP contribution is -2.51. The second kappa shape index (κ2) is 5.37. The molecular formula is C17H19N3. The zero-order chi connectivity index (χ0) is 13.8. The van der Waals surface area contributed by atoms with E-state index in [1.165, 1.54) is 11.1 Å². The zero-order valence-electron chi connectivity index (χ0n) is 11.4. The molecule has 2 aromatic carbocycles. The molecule has 0 aromatic heterocycles. The predicted octanol–water partition coefficient (Wildman–Crippen LogP) is 2.13. The Kier molecular flexibility index (Phi) is 3.42. The first kappa shape index (κ1) is 12.7. The van der Waals surface area contributed by atoms with Crippen molar-refractivity contribution in [1.29, 1.82) is 0 Å². The molecule has 0 bridgehead atoms. The van der Waals surface area contributed by atoms with Gasteiger partial charge in [-0.05, 0) is 24.0 Å². The highest BCUT2D eigenvalue weighted by Gasteiger charge is 2.34. The minimum atomic E-state index is -0.104. The summed E-state index contributed by atoms with van der Waals surface area (Å²) in [6, 6.07) is 21.0. The number of aliphatic imine (C=N–C) groups is 1. The summed E-state index contributed by atoms with van der Waals surface area (Å²) in [6.45, 7) is 0.725. The number of rotatable bonds is 4. The van der Waals surface area contributed by atoms with Gasteiger partial charge in [0, 0.05) is 0 Å². The van der Waals surface area contributed by atoms with Crippen molar-refractivity contribution >= 4 is 5.96 Å². The SMILES string of the molecule is NC1=NCC(Cc2ccccc2)(Cc2ccccc2)N1. The van der Waals surface area contributed by atoms with E-state index in [2.05, 4.69) is 58.8 Å². The van der Waals surface area contributed by atoms with Crippen molar-refractivity contribution in [3.8, 4) is 0 Å². The molecule has 0 saturated heterocycles. The van der Waals surface area contributed by atoms with E-state index in [0.29, 0.717) is 5.96 Å². The molecule has 0 amide bonds. The molecule has 0 fully saturated rings. The average Bonchev–Trinajstić information content (AvgIpc) is 2.82. The monoisotopic (exact) mass is 265 g/mol. The number of nitrogens with zero attached hydrogens (tertiary/aromatic N) is 1. The van der Waals surface area contributed by atoms with Crippen LogP contribution in [0.4, 0.5) is 0 Å². The zero-order valence-corrected chi connectivity index (χ0v) is 11.4. The lowest BCUT2D eigenvalue weighted by Gasteiger charge is -2.29. The third-order valence-corrected chi connectivity index (χ3v) is 3.72. The predicted molar refractivity (Wildman–Crippen MR) is 82.6 cm³/mol. The van der Waals surface area contributed by atoms with Gasteiger partial charge in [-0.2, -0.15) is 0 Å². The standard InChI is InChI=1S/C17H19N3/c18-16-19-13-17(20-16,11-14-7-3-1-4-8-14)12-15-9-5-2-6-10-15/h1-10H,11-13H2,(H3,18,19,20). The van der Waals surface area contributed by atoms with Crippen LogP contribution in [0.2, 0.25) is 0 Å². The number of hydrogen-bond donors (Lipinski definition) is 2. The Morgan fingerprint density at radius 3 is 1.80 bits per heavy atom. The van der Waals surface area contributed by atoms with Crippen molar-refractivity contribution in [3.63, 3.8) is 0 Å². The van der Waals surface area contributed by atoms with E-state index in [0.717, 1.165) is 19.4 Å². The van der Waals surface area contributed by atoms with Gasteiger partial charge in [0.2, 0.25) is 0 Å². The summed E-state index contributed by atoms with van der Waals surface area (Å²) < 4.78 is 0. The maximum Gasteiger partial charge on any atom is 0.189 e. The molecule has 3 heteroatoms. The number of nitrogens with two attached hydrogens (primary N) is 1. The summed E-state index contributed by atoms with van der Waals surface area (Å²) >= 11 is 0. The van der Waals surface area contributed by atoms with Gasteiger partial charge in [-0.1, -0.05) is 60.7 Å². The van der Waals surface area contributed by atoms with Crippen LogP contribution in [0.3, 0.4) is 0 Å². The molecule has 3 nitrogen and oxygen atoms in total. The Hall–Kier alpha value is -2.29. The van der Waals surface area contributed by atoms with Crippen LogP contribution in [-0.2, 0) is 12.8 Å². The minimum absolute atomic E-state index is 0.104. The van der Waals surface area contributed by atoms with Crippen LogP contribution in [0.1, 0.15) is 11.1 Å². The summed E-state index contributed by atoms with van der Waals surface area (Å²) in [4.78, 5) is 4.37. The van der Waals surface area contributed by atoms with Crippen molar-refractivity contribution in [2.24, 2.45) is 10.7 Å². The Bertz CT molecular complexity index is 549. The van der Waals surface area contributed by atoms with Gasteiger partial charge in [0.15, 0.2) is 5.96 Å². The maximum atomic E-state index is 5.86. The van der Waals surface area contributed by atoms with Crippen molar-refractivity contribution in [3.05, 3.63) is 71.8 Å². The largest absolute Gasteiger partial charge is 0.370 e. The molecule has 1 aliphatic rings. The third kappa shape index (κ3) is 2.82.